The van der Waals surface area contributed by atoms with Crippen molar-refractivity contribution in [3.8, 4) is 0 Å². The zero-order valence-corrected chi connectivity index (χ0v) is 12.9. The fourth-order valence-corrected chi connectivity index (χ4v) is 2.89. The Labute approximate surface area is 125 Å². The third-order valence-electron chi connectivity index (χ3n) is 2.84. The van der Waals surface area contributed by atoms with Crippen molar-refractivity contribution in [2.45, 2.75) is 31.3 Å². The van der Waals surface area contributed by atoms with Crippen molar-refractivity contribution in [1.29, 1.82) is 0 Å². The molecule has 0 saturated carbocycles. The zero-order valence-electron chi connectivity index (χ0n) is 12.1. The van der Waals surface area contributed by atoms with Gasteiger partial charge >= 0.3 is 0 Å². The van der Waals surface area contributed by atoms with Gasteiger partial charge in [0.05, 0.1) is 16.8 Å². The van der Waals surface area contributed by atoms with Gasteiger partial charge in [-0.1, -0.05) is 26.0 Å². The predicted molar refractivity (Wildman–Crippen MR) is 83.5 cm³/mol. The van der Waals surface area contributed by atoms with Crippen molar-refractivity contribution in [3.63, 3.8) is 0 Å². The molecule has 1 heterocycles. The second kappa shape index (κ2) is 6.69. The summed E-state index contributed by atoms with van der Waals surface area (Å²) in [5, 5.41) is 3.26. The molecule has 5 nitrogen and oxygen atoms in total. The van der Waals surface area contributed by atoms with Crippen molar-refractivity contribution in [2.24, 2.45) is 0 Å². The third-order valence-corrected chi connectivity index (χ3v) is 4.22. The van der Waals surface area contributed by atoms with Crippen LogP contribution in [0.15, 0.2) is 53.7 Å². The molecule has 0 radical (unpaired) electrons. The molecule has 1 aromatic carbocycles. The van der Waals surface area contributed by atoms with Crippen LogP contribution in [0.2, 0.25) is 0 Å². The van der Waals surface area contributed by atoms with Crippen molar-refractivity contribution >= 4 is 15.7 Å². The summed E-state index contributed by atoms with van der Waals surface area (Å²) in [6, 6.07) is 10.6. The van der Waals surface area contributed by atoms with E-state index in [2.05, 4.69) is 15.0 Å². The maximum Gasteiger partial charge on any atom is 0.261 e. The minimum Gasteiger partial charge on any atom is -0.310 e. The highest BCUT2D eigenvalue weighted by atomic mass is 32.2. The van der Waals surface area contributed by atoms with Crippen molar-refractivity contribution in [1.82, 2.24) is 10.3 Å². The van der Waals surface area contributed by atoms with Gasteiger partial charge in [-0.3, -0.25) is 9.71 Å². The van der Waals surface area contributed by atoms with Gasteiger partial charge in [0.1, 0.15) is 0 Å². The van der Waals surface area contributed by atoms with Crippen LogP contribution in [0.25, 0.3) is 0 Å². The summed E-state index contributed by atoms with van der Waals surface area (Å²) in [5.74, 6) is 0. The molecule has 0 aliphatic heterocycles. The van der Waals surface area contributed by atoms with Crippen LogP contribution in [0.5, 0.6) is 0 Å². The van der Waals surface area contributed by atoms with Crippen LogP contribution in [0.1, 0.15) is 19.4 Å². The summed E-state index contributed by atoms with van der Waals surface area (Å²) in [6.07, 6.45) is 3.07. The Morgan fingerprint density at radius 2 is 2.00 bits per heavy atom. The fourth-order valence-electron chi connectivity index (χ4n) is 1.78. The van der Waals surface area contributed by atoms with Crippen LogP contribution in [-0.4, -0.2) is 19.4 Å². The van der Waals surface area contributed by atoms with Crippen molar-refractivity contribution in [3.05, 3.63) is 54.4 Å². The van der Waals surface area contributed by atoms with Crippen LogP contribution in [0.4, 0.5) is 5.69 Å². The maximum absolute atomic E-state index is 12.3. The number of benzene rings is 1. The average molecular weight is 305 g/mol. The molecule has 0 aliphatic carbocycles. The highest BCUT2D eigenvalue weighted by Gasteiger charge is 2.14. The van der Waals surface area contributed by atoms with E-state index >= 15 is 0 Å². The topological polar surface area (TPSA) is 71.1 Å². The zero-order chi connectivity index (χ0) is 15.3. The number of pyridine rings is 1. The Bertz CT molecular complexity index is 685. The van der Waals surface area contributed by atoms with Crippen LogP contribution in [0, 0.1) is 0 Å². The second-order valence-corrected chi connectivity index (χ2v) is 6.71. The number of anilines is 1. The lowest BCUT2D eigenvalue weighted by atomic mass is 10.2. The molecule has 0 saturated heterocycles. The first-order valence-corrected chi connectivity index (χ1v) is 8.21. The predicted octanol–water partition coefficient (Wildman–Crippen LogP) is 2.38. The molecule has 2 N–H and O–H groups in total. The van der Waals surface area contributed by atoms with Gasteiger partial charge in [0, 0.05) is 18.8 Å². The lowest BCUT2D eigenvalue weighted by Crippen LogP contribution is -2.22. The lowest BCUT2D eigenvalue weighted by Gasteiger charge is -2.11. The molecule has 2 aromatic rings. The highest BCUT2D eigenvalue weighted by molar-refractivity contribution is 7.92. The normalized spacial score (nSPS) is 11.6. The van der Waals surface area contributed by atoms with E-state index in [-0.39, 0.29) is 4.90 Å². The molecular weight excluding hydrogens is 286 g/mol. The number of hydrogen-bond acceptors (Lipinski definition) is 4. The first-order chi connectivity index (χ1) is 9.97. The standard InChI is InChI=1S/C15H19N3O2S/c1-12(2)17-10-13-5-3-7-15(9-13)21(19,20)18-14-6-4-8-16-11-14/h3-9,11-12,17-18H,10H2,1-2H3. The monoisotopic (exact) mass is 305 g/mol. The van der Waals surface area contributed by atoms with Gasteiger partial charge in [-0.2, -0.15) is 0 Å². The molecule has 112 valence electrons. The van der Waals surface area contributed by atoms with Crippen molar-refractivity contribution in [2.75, 3.05) is 4.72 Å². The average Bonchev–Trinajstić information content (AvgIpc) is 2.46. The van der Waals surface area contributed by atoms with Gasteiger partial charge in [-0.25, -0.2) is 8.42 Å². The van der Waals surface area contributed by atoms with Crippen LogP contribution in [0.3, 0.4) is 0 Å². The molecule has 0 spiro atoms. The molecule has 0 atom stereocenters. The van der Waals surface area contributed by atoms with E-state index in [9.17, 15) is 8.42 Å². The molecular formula is C15H19N3O2S. The first-order valence-electron chi connectivity index (χ1n) is 6.72. The SMILES string of the molecule is CC(C)NCc1cccc(S(=O)(=O)Nc2cccnc2)c1. The number of rotatable bonds is 6. The Kier molecular flexibility index (Phi) is 4.93. The van der Waals surface area contributed by atoms with E-state index < -0.39 is 10.0 Å². The highest BCUT2D eigenvalue weighted by Crippen LogP contribution is 2.16. The van der Waals surface area contributed by atoms with Crippen molar-refractivity contribution < 1.29 is 8.42 Å². The number of hydrogen-bond donors (Lipinski definition) is 2. The summed E-state index contributed by atoms with van der Waals surface area (Å²) >= 11 is 0. The summed E-state index contributed by atoms with van der Waals surface area (Å²) in [5.41, 5.74) is 1.38. The fraction of sp³-hybridized carbons (Fsp3) is 0.267. The van der Waals surface area contributed by atoms with Gasteiger partial charge in [0.25, 0.3) is 10.0 Å². The first kappa shape index (κ1) is 15.5. The molecule has 0 bridgehead atoms. The molecule has 0 fully saturated rings. The van der Waals surface area contributed by atoms with E-state index in [0.29, 0.717) is 18.3 Å². The van der Waals surface area contributed by atoms with Crippen LogP contribution in [-0.2, 0) is 16.6 Å². The van der Waals surface area contributed by atoms with E-state index in [4.69, 9.17) is 0 Å². The lowest BCUT2D eigenvalue weighted by molar-refractivity contribution is 0.587. The Morgan fingerprint density at radius 3 is 2.67 bits per heavy atom. The largest absolute Gasteiger partial charge is 0.310 e. The molecule has 0 amide bonds. The number of nitrogens with one attached hydrogen (secondary N) is 2. The summed E-state index contributed by atoms with van der Waals surface area (Å²) in [7, 11) is -3.59. The molecule has 0 aliphatic rings. The van der Waals surface area contributed by atoms with Crippen LogP contribution < -0.4 is 10.0 Å². The Balaban J connectivity index is 2.18. The van der Waals surface area contributed by atoms with Gasteiger partial charge < -0.3 is 5.32 Å². The van der Waals surface area contributed by atoms with Gasteiger partial charge in [0.2, 0.25) is 0 Å². The van der Waals surface area contributed by atoms with Gasteiger partial charge in [-0.15, -0.1) is 0 Å². The number of aromatic nitrogens is 1. The molecule has 21 heavy (non-hydrogen) atoms. The quantitative estimate of drug-likeness (QED) is 0.859. The minimum atomic E-state index is -3.59. The summed E-state index contributed by atoms with van der Waals surface area (Å²) < 4.78 is 27.2. The van der Waals surface area contributed by atoms with Gasteiger partial charge in [-0.05, 0) is 29.8 Å². The molecule has 2 rings (SSSR count). The molecule has 6 heteroatoms. The van der Waals surface area contributed by atoms with E-state index in [1.54, 1.807) is 36.5 Å². The van der Waals surface area contributed by atoms with E-state index in [0.717, 1.165) is 5.56 Å². The van der Waals surface area contributed by atoms with Gasteiger partial charge in [0.15, 0.2) is 0 Å². The number of sulfonamides is 1. The second-order valence-electron chi connectivity index (χ2n) is 5.03. The van der Waals surface area contributed by atoms with E-state index in [1.165, 1.54) is 6.20 Å². The smallest absolute Gasteiger partial charge is 0.261 e. The van der Waals surface area contributed by atoms with E-state index in [1.807, 2.05) is 19.9 Å². The number of nitrogens with zero attached hydrogens (tertiary/aromatic N) is 1. The molecule has 1 aromatic heterocycles. The van der Waals surface area contributed by atoms with Crippen LogP contribution >= 0.6 is 0 Å². The maximum atomic E-state index is 12.3. The summed E-state index contributed by atoms with van der Waals surface area (Å²) in [4.78, 5) is 4.14. The minimum absolute atomic E-state index is 0.245. The Morgan fingerprint density at radius 1 is 1.19 bits per heavy atom. The third kappa shape index (κ3) is 4.54. The Hall–Kier alpha value is -1.92. The molecule has 0 unspecified atom stereocenters. The summed E-state index contributed by atoms with van der Waals surface area (Å²) in [6.45, 7) is 4.73.